The van der Waals surface area contributed by atoms with Gasteiger partial charge in [0.25, 0.3) is 5.91 Å². The molecule has 1 saturated heterocycles. The van der Waals surface area contributed by atoms with Crippen LogP contribution in [0.3, 0.4) is 0 Å². The van der Waals surface area contributed by atoms with E-state index in [1.54, 1.807) is 37.2 Å². The number of nitrogens with two attached hydrogens (primary N) is 1. The zero-order valence-corrected chi connectivity index (χ0v) is 19.4. The molecule has 2 aromatic heterocycles. The number of carbonyl (C=O) groups is 1. The lowest BCUT2D eigenvalue weighted by molar-refractivity contribution is 0.0663. The SMILES string of the molecule is CNc1ccc(C#Cc2c(C)nc(N)nc2-c2ccc(C(=O)N3CCN(C)CC3)cc2F)cn1. The van der Waals surface area contributed by atoms with E-state index < -0.39 is 5.82 Å². The van der Waals surface area contributed by atoms with Crippen molar-refractivity contribution in [3.8, 4) is 23.1 Å². The largest absolute Gasteiger partial charge is 0.373 e. The van der Waals surface area contributed by atoms with E-state index in [0.29, 0.717) is 35.5 Å². The minimum atomic E-state index is -0.569. The molecule has 3 N–H and O–H groups in total. The van der Waals surface area contributed by atoms with Crippen LogP contribution < -0.4 is 11.1 Å². The van der Waals surface area contributed by atoms with Gasteiger partial charge in [0.2, 0.25) is 5.95 Å². The van der Waals surface area contributed by atoms with Gasteiger partial charge in [-0.15, -0.1) is 0 Å². The van der Waals surface area contributed by atoms with Crippen LogP contribution in [0.4, 0.5) is 16.2 Å². The lowest BCUT2D eigenvalue weighted by Crippen LogP contribution is -2.47. The van der Waals surface area contributed by atoms with Gasteiger partial charge < -0.3 is 20.9 Å². The third kappa shape index (κ3) is 4.97. The minimum absolute atomic E-state index is 0.0232. The van der Waals surface area contributed by atoms with Crippen molar-refractivity contribution in [3.05, 3.63) is 64.7 Å². The van der Waals surface area contributed by atoms with Crippen LogP contribution in [0.2, 0.25) is 0 Å². The molecule has 34 heavy (non-hydrogen) atoms. The van der Waals surface area contributed by atoms with Gasteiger partial charge in [-0.3, -0.25) is 4.79 Å². The van der Waals surface area contributed by atoms with Crippen LogP contribution in [0.1, 0.15) is 27.2 Å². The van der Waals surface area contributed by atoms with Crippen molar-refractivity contribution in [2.45, 2.75) is 6.92 Å². The first kappa shape index (κ1) is 23.1. The Morgan fingerprint density at radius 1 is 1.12 bits per heavy atom. The summed E-state index contributed by atoms with van der Waals surface area (Å²) in [7, 11) is 3.80. The van der Waals surface area contributed by atoms with Crippen LogP contribution in [0.15, 0.2) is 36.5 Å². The van der Waals surface area contributed by atoms with Gasteiger partial charge in [-0.2, -0.15) is 0 Å². The predicted octanol–water partition coefficient (Wildman–Crippen LogP) is 2.40. The third-order valence-electron chi connectivity index (χ3n) is 5.72. The first-order valence-corrected chi connectivity index (χ1v) is 10.9. The highest BCUT2D eigenvalue weighted by atomic mass is 19.1. The average Bonchev–Trinajstić information content (AvgIpc) is 2.83. The Labute approximate surface area is 198 Å². The van der Waals surface area contributed by atoms with Gasteiger partial charge in [0.15, 0.2) is 0 Å². The Bertz CT molecular complexity index is 1270. The van der Waals surface area contributed by atoms with E-state index in [1.165, 1.54) is 6.07 Å². The van der Waals surface area contributed by atoms with Gasteiger partial charge in [0.1, 0.15) is 11.6 Å². The van der Waals surface area contributed by atoms with Gasteiger partial charge in [-0.25, -0.2) is 19.3 Å². The molecule has 0 atom stereocenters. The molecule has 0 radical (unpaired) electrons. The molecule has 8 nitrogen and oxygen atoms in total. The number of carbonyl (C=O) groups excluding carboxylic acids is 1. The second-order valence-electron chi connectivity index (χ2n) is 8.11. The summed E-state index contributed by atoms with van der Waals surface area (Å²) in [5, 5.41) is 2.95. The highest BCUT2D eigenvalue weighted by Gasteiger charge is 2.22. The molecular weight excluding hydrogens is 433 g/mol. The molecule has 0 saturated carbocycles. The number of hydrogen-bond acceptors (Lipinski definition) is 7. The minimum Gasteiger partial charge on any atom is -0.373 e. The number of nitrogen functional groups attached to an aromatic ring is 1. The highest BCUT2D eigenvalue weighted by Crippen LogP contribution is 2.27. The number of piperazine rings is 1. The van der Waals surface area contributed by atoms with Crippen molar-refractivity contribution in [3.63, 3.8) is 0 Å². The van der Waals surface area contributed by atoms with Crippen molar-refractivity contribution in [1.82, 2.24) is 24.8 Å². The van der Waals surface area contributed by atoms with Crippen LogP contribution >= 0.6 is 0 Å². The highest BCUT2D eigenvalue weighted by molar-refractivity contribution is 5.95. The molecule has 1 fully saturated rings. The fourth-order valence-corrected chi connectivity index (χ4v) is 3.72. The van der Waals surface area contributed by atoms with Crippen molar-refractivity contribution < 1.29 is 9.18 Å². The van der Waals surface area contributed by atoms with Crippen molar-refractivity contribution >= 4 is 17.7 Å². The van der Waals surface area contributed by atoms with Crippen LogP contribution in [0.25, 0.3) is 11.3 Å². The molecule has 0 aliphatic carbocycles. The van der Waals surface area contributed by atoms with E-state index >= 15 is 4.39 Å². The molecule has 4 rings (SSSR count). The number of hydrogen-bond donors (Lipinski definition) is 2. The maximum Gasteiger partial charge on any atom is 0.254 e. The number of aromatic nitrogens is 3. The van der Waals surface area contributed by atoms with E-state index in [-0.39, 0.29) is 23.1 Å². The van der Waals surface area contributed by atoms with Crippen molar-refractivity contribution in [2.24, 2.45) is 0 Å². The molecule has 0 bridgehead atoms. The molecule has 1 aliphatic rings. The summed E-state index contributed by atoms with van der Waals surface area (Å²) >= 11 is 0. The molecule has 1 amide bonds. The summed E-state index contributed by atoms with van der Waals surface area (Å²) in [6.07, 6.45) is 1.64. The standard InChI is InChI=1S/C25H26FN7O/c1-16-19(7-4-17-5-9-22(28-2)29-15-17)23(31-25(27)30-16)20-8-6-18(14-21(20)26)24(34)33-12-10-32(3)11-13-33/h5-6,8-9,14-15H,10-13H2,1-3H3,(H,28,29)(H2,27,30,31). The molecule has 3 heterocycles. The first-order chi connectivity index (χ1) is 16.4. The van der Waals surface area contributed by atoms with Gasteiger partial charge in [0, 0.05) is 56.1 Å². The molecule has 1 aliphatic heterocycles. The normalized spacial score (nSPS) is 13.8. The van der Waals surface area contributed by atoms with Crippen molar-refractivity contribution in [2.75, 3.05) is 51.3 Å². The van der Waals surface area contributed by atoms with Crippen LogP contribution in [0, 0.1) is 24.6 Å². The maximum absolute atomic E-state index is 15.3. The molecule has 0 spiro atoms. The van der Waals surface area contributed by atoms with Crippen LogP contribution in [-0.2, 0) is 0 Å². The van der Waals surface area contributed by atoms with Crippen LogP contribution in [-0.4, -0.2) is 70.9 Å². The maximum atomic E-state index is 15.3. The third-order valence-corrected chi connectivity index (χ3v) is 5.72. The lowest BCUT2D eigenvalue weighted by Gasteiger charge is -2.32. The summed E-state index contributed by atoms with van der Waals surface area (Å²) in [5.74, 6) is 6.07. The second kappa shape index (κ2) is 9.85. The average molecular weight is 460 g/mol. The number of pyridine rings is 1. The number of benzene rings is 1. The summed E-state index contributed by atoms with van der Waals surface area (Å²) < 4.78 is 15.3. The zero-order chi connectivity index (χ0) is 24.2. The summed E-state index contributed by atoms with van der Waals surface area (Å²) in [6.45, 7) is 4.56. The number of likely N-dealkylation sites (N-methyl/N-ethyl adjacent to an activating group) is 1. The number of halogens is 1. The monoisotopic (exact) mass is 459 g/mol. The van der Waals surface area contributed by atoms with E-state index in [1.807, 2.05) is 19.2 Å². The number of anilines is 2. The number of nitrogens with one attached hydrogen (secondary N) is 1. The lowest BCUT2D eigenvalue weighted by atomic mass is 10.0. The zero-order valence-electron chi connectivity index (χ0n) is 19.4. The molecule has 0 unspecified atom stereocenters. The Morgan fingerprint density at radius 3 is 2.53 bits per heavy atom. The number of amides is 1. The molecule has 174 valence electrons. The van der Waals surface area contributed by atoms with E-state index in [4.69, 9.17) is 5.73 Å². The summed E-state index contributed by atoms with van der Waals surface area (Å²) in [4.78, 5) is 29.5. The van der Waals surface area contributed by atoms with Gasteiger partial charge in [-0.05, 0) is 44.3 Å². The number of rotatable bonds is 3. The summed E-state index contributed by atoms with van der Waals surface area (Å²) in [6, 6.07) is 8.06. The van der Waals surface area contributed by atoms with E-state index in [2.05, 4.69) is 37.0 Å². The van der Waals surface area contributed by atoms with Gasteiger partial charge in [0.05, 0.1) is 17.0 Å². The fraction of sp³-hybridized carbons (Fsp3) is 0.280. The fourth-order valence-electron chi connectivity index (χ4n) is 3.72. The Morgan fingerprint density at radius 2 is 1.88 bits per heavy atom. The van der Waals surface area contributed by atoms with Gasteiger partial charge >= 0.3 is 0 Å². The molecular formula is C25H26FN7O. The Balaban J connectivity index is 1.68. The predicted molar refractivity (Wildman–Crippen MR) is 130 cm³/mol. The second-order valence-corrected chi connectivity index (χ2v) is 8.11. The summed E-state index contributed by atoms with van der Waals surface area (Å²) in [5.41, 5.74) is 8.35. The topological polar surface area (TPSA) is 100 Å². The Kier molecular flexibility index (Phi) is 6.70. The van der Waals surface area contributed by atoms with E-state index in [0.717, 1.165) is 18.9 Å². The number of aryl methyl sites for hydroxylation is 1. The molecule has 3 aromatic rings. The number of nitrogens with zero attached hydrogens (tertiary/aromatic N) is 5. The molecule has 1 aromatic carbocycles. The van der Waals surface area contributed by atoms with Crippen LogP contribution in [0.5, 0.6) is 0 Å². The smallest absolute Gasteiger partial charge is 0.254 e. The van der Waals surface area contributed by atoms with Gasteiger partial charge in [-0.1, -0.05) is 11.8 Å². The quantitative estimate of drug-likeness (QED) is 0.580. The Hall–Kier alpha value is -4.03. The first-order valence-electron chi connectivity index (χ1n) is 10.9. The van der Waals surface area contributed by atoms with E-state index in [9.17, 15) is 4.79 Å². The molecule has 9 heteroatoms. The van der Waals surface area contributed by atoms with Crippen molar-refractivity contribution in [1.29, 1.82) is 0 Å².